The van der Waals surface area contributed by atoms with Crippen molar-refractivity contribution in [3.63, 3.8) is 0 Å². The fourth-order valence-corrected chi connectivity index (χ4v) is 2.24. The number of amides is 1. The van der Waals surface area contributed by atoms with Crippen molar-refractivity contribution in [2.45, 2.75) is 32.3 Å². The van der Waals surface area contributed by atoms with Gasteiger partial charge in [0.1, 0.15) is 0 Å². The summed E-state index contributed by atoms with van der Waals surface area (Å²) in [6.45, 7) is 5.03. The Labute approximate surface area is 147 Å². The zero-order chi connectivity index (χ0) is 18.4. The van der Waals surface area contributed by atoms with Crippen LogP contribution in [0.15, 0.2) is 54.6 Å². The Hall–Kier alpha value is -3.13. The number of carbonyl (C=O) groups excluding carboxylic acids is 2. The Balaban J connectivity index is 2.03. The van der Waals surface area contributed by atoms with Gasteiger partial charge in [0.25, 0.3) is 5.91 Å². The molecule has 1 atom stereocenters. The highest BCUT2D eigenvalue weighted by molar-refractivity contribution is 5.96. The summed E-state index contributed by atoms with van der Waals surface area (Å²) >= 11 is 0. The van der Waals surface area contributed by atoms with Crippen LogP contribution in [-0.2, 0) is 19.7 Å². The summed E-state index contributed by atoms with van der Waals surface area (Å²) in [6, 6.07) is 17.8. The van der Waals surface area contributed by atoms with Crippen LogP contribution in [0.2, 0.25) is 0 Å². The van der Waals surface area contributed by atoms with Crippen molar-refractivity contribution in [2.75, 3.05) is 5.32 Å². The molecule has 0 spiro atoms. The molecule has 5 heteroatoms. The maximum atomic E-state index is 12.5. The van der Waals surface area contributed by atoms with Crippen molar-refractivity contribution in [1.29, 1.82) is 5.26 Å². The maximum absolute atomic E-state index is 12.5. The van der Waals surface area contributed by atoms with Crippen LogP contribution in [-0.4, -0.2) is 18.0 Å². The average molecular weight is 336 g/mol. The second kappa shape index (κ2) is 7.63. The SMILES string of the molecule is C[C@H](OC(=O)C(C)(C)c1ccccc1)C(=O)Nc1cccc(C#N)c1. The molecule has 0 heterocycles. The van der Waals surface area contributed by atoms with E-state index in [4.69, 9.17) is 10.00 Å². The molecule has 2 rings (SSSR count). The van der Waals surface area contributed by atoms with Crippen LogP contribution in [0.25, 0.3) is 0 Å². The van der Waals surface area contributed by atoms with Crippen LogP contribution >= 0.6 is 0 Å². The van der Waals surface area contributed by atoms with Crippen LogP contribution in [0, 0.1) is 11.3 Å². The number of carbonyl (C=O) groups is 2. The third kappa shape index (κ3) is 4.45. The second-order valence-electron chi connectivity index (χ2n) is 6.22. The molecule has 0 fully saturated rings. The van der Waals surface area contributed by atoms with E-state index < -0.39 is 23.4 Å². The summed E-state index contributed by atoms with van der Waals surface area (Å²) in [5.74, 6) is -0.931. The lowest BCUT2D eigenvalue weighted by atomic mass is 9.85. The molecule has 0 aliphatic heterocycles. The van der Waals surface area contributed by atoms with Crippen LogP contribution < -0.4 is 5.32 Å². The fourth-order valence-electron chi connectivity index (χ4n) is 2.24. The van der Waals surface area contributed by atoms with E-state index in [1.165, 1.54) is 6.92 Å². The molecule has 5 nitrogen and oxygen atoms in total. The normalized spacial score (nSPS) is 11.9. The molecular weight excluding hydrogens is 316 g/mol. The predicted octanol–water partition coefficient (Wildman–Crippen LogP) is 3.41. The summed E-state index contributed by atoms with van der Waals surface area (Å²) in [5, 5.41) is 11.5. The molecular formula is C20H20N2O3. The molecule has 0 radical (unpaired) electrons. The van der Waals surface area contributed by atoms with Crippen LogP contribution in [0.4, 0.5) is 5.69 Å². The monoisotopic (exact) mass is 336 g/mol. The van der Waals surface area contributed by atoms with Gasteiger partial charge in [0, 0.05) is 5.69 Å². The molecule has 0 aromatic heterocycles. The number of nitrogens with one attached hydrogen (secondary N) is 1. The fraction of sp³-hybridized carbons (Fsp3) is 0.250. The Bertz CT molecular complexity index is 807. The molecule has 2 aromatic rings. The molecule has 0 aliphatic rings. The first kappa shape index (κ1) is 18.2. The van der Waals surface area contributed by atoms with Gasteiger partial charge in [-0.05, 0) is 44.5 Å². The number of ether oxygens (including phenoxy) is 1. The third-order valence-electron chi connectivity index (χ3n) is 3.92. The van der Waals surface area contributed by atoms with Crippen molar-refractivity contribution >= 4 is 17.6 Å². The van der Waals surface area contributed by atoms with E-state index in [0.29, 0.717) is 11.3 Å². The first-order valence-corrected chi connectivity index (χ1v) is 7.92. The van der Waals surface area contributed by atoms with Gasteiger partial charge in [-0.25, -0.2) is 0 Å². The van der Waals surface area contributed by atoms with Crippen molar-refractivity contribution in [3.8, 4) is 6.07 Å². The highest BCUT2D eigenvalue weighted by atomic mass is 16.5. The van der Waals surface area contributed by atoms with Crippen LogP contribution in [0.5, 0.6) is 0 Å². The molecule has 2 aromatic carbocycles. The number of benzene rings is 2. The molecule has 0 aliphatic carbocycles. The van der Waals surface area contributed by atoms with Gasteiger partial charge in [-0.3, -0.25) is 9.59 Å². The summed E-state index contributed by atoms with van der Waals surface area (Å²) in [5.41, 5.74) is 0.868. The van der Waals surface area contributed by atoms with Gasteiger partial charge >= 0.3 is 5.97 Å². The van der Waals surface area contributed by atoms with Gasteiger partial charge in [0.15, 0.2) is 6.10 Å². The van der Waals surface area contributed by atoms with E-state index >= 15 is 0 Å². The Morgan fingerprint density at radius 3 is 2.44 bits per heavy atom. The van der Waals surface area contributed by atoms with E-state index in [2.05, 4.69) is 5.32 Å². The third-order valence-corrected chi connectivity index (χ3v) is 3.92. The lowest BCUT2D eigenvalue weighted by molar-refractivity contribution is -0.158. The number of rotatable bonds is 5. The molecule has 0 saturated carbocycles. The van der Waals surface area contributed by atoms with E-state index in [1.54, 1.807) is 38.1 Å². The minimum absolute atomic E-state index is 0.438. The summed E-state index contributed by atoms with van der Waals surface area (Å²) in [4.78, 5) is 24.7. The summed E-state index contributed by atoms with van der Waals surface area (Å²) in [7, 11) is 0. The van der Waals surface area contributed by atoms with Crippen molar-refractivity contribution in [2.24, 2.45) is 0 Å². The van der Waals surface area contributed by atoms with Crippen molar-refractivity contribution in [1.82, 2.24) is 0 Å². The molecule has 0 unspecified atom stereocenters. The zero-order valence-corrected chi connectivity index (χ0v) is 14.4. The molecule has 1 amide bonds. The van der Waals surface area contributed by atoms with E-state index in [-0.39, 0.29) is 0 Å². The quantitative estimate of drug-likeness (QED) is 0.849. The van der Waals surface area contributed by atoms with Gasteiger partial charge in [0.05, 0.1) is 17.0 Å². The van der Waals surface area contributed by atoms with Crippen LogP contribution in [0.1, 0.15) is 31.9 Å². The van der Waals surface area contributed by atoms with Crippen molar-refractivity contribution in [3.05, 3.63) is 65.7 Å². The first-order chi connectivity index (χ1) is 11.8. The lowest BCUT2D eigenvalue weighted by Crippen LogP contribution is -2.37. The number of nitriles is 1. The second-order valence-corrected chi connectivity index (χ2v) is 6.22. The van der Waals surface area contributed by atoms with E-state index in [1.807, 2.05) is 36.4 Å². The summed E-state index contributed by atoms with van der Waals surface area (Å²) < 4.78 is 5.34. The van der Waals surface area contributed by atoms with Gasteiger partial charge in [-0.1, -0.05) is 36.4 Å². The number of anilines is 1. The number of hydrogen-bond donors (Lipinski definition) is 1. The van der Waals surface area contributed by atoms with Gasteiger partial charge < -0.3 is 10.1 Å². The highest BCUT2D eigenvalue weighted by Gasteiger charge is 2.33. The Morgan fingerprint density at radius 2 is 1.80 bits per heavy atom. The predicted molar refractivity (Wildman–Crippen MR) is 94.8 cm³/mol. The highest BCUT2D eigenvalue weighted by Crippen LogP contribution is 2.25. The topological polar surface area (TPSA) is 79.2 Å². The number of hydrogen-bond acceptors (Lipinski definition) is 4. The minimum Gasteiger partial charge on any atom is -0.452 e. The number of esters is 1. The molecule has 0 bridgehead atoms. The van der Waals surface area contributed by atoms with Gasteiger partial charge in [-0.15, -0.1) is 0 Å². The maximum Gasteiger partial charge on any atom is 0.316 e. The van der Waals surface area contributed by atoms with Gasteiger partial charge in [-0.2, -0.15) is 5.26 Å². The van der Waals surface area contributed by atoms with E-state index in [0.717, 1.165) is 5.56 Å². The molecule has 1 N–H and O–H groups in total. The van der Waals surface area contributed by atoms with E-state index in [9.17, 15) is 9.59 Å². The largest absolute Gasteiger partial charge is 0.452 e. The Morgan fingerprint density at radius 1 is 1.12 bits per heavy atom. The average Bonchev–Trinajstić information content (AvgIpc) is 2.62. The lowest BCUT2D eigenvalue weighted by Gasteiger charge is -2.25. The molecule has 25 heavy (non-hydrogen) atoms. The standard InChI is InChI=1S/C20H20N2O3/c1-14(18(23)22-17-11-7-8-15(12-17)13-21)25-19(24)20(2,3)16-9-5-4-6-10-16/h4-12,14H,1-3H3,(H,22,23)/t14-/m0/s1. The Kier molecular flexibility index (Phi) is 5.56. The molecule has 0 saturated heterocycles. The van der Waals surface area contributed by atoms with Crippen LogP contribution in [0.3, 0.4) is 0 Å². The molecule has 128 valence electrons. The van der Waals surface area contributed by atoms with Crippen molar-refractivity contribution < 1.29 is 14.3 Å². The minimum atomic E-state index is -0.957. The number of nitrogens with zero attached hydrogens (tertiary/aromatic N) is 1. The first-order valence-electron chi connectivity index (χ1n) is 7.92. The van der Waals surface area contributed by atoms with Gasteiger partial charge in [0.2, 0.25) is 0 Å². The zero-order valence-electron chi connectivity index (χ0n) is 14.4. The smallest absolute Gasteiger partial charge is 0.316 e. The summed E-state index contributed by atoms with van der Waals surface area (Å²) in [6.07, 6.45) is -0.957.